The average Bonchev–Trinajstić information content (AvgIpc) is 2.44. The first kappa shape index (κ1) is 17.0. The third kappa shape index (κ3) is 7.51. The van der Waals surface area contributed by atoms with Crippen molar-refractivity contribution in [3.63, 3.8) is 0 Å². The molecule has 0 saturated carbocycles. The molecule has 1 heterocycles. The highest BCUT2D eigenvalue weighted by Gasteiger charge is 2.08. The second-order valence-electron chi connectivity index (χ2n) is 5.83. The van der Waals surface area contributed by atoms with Crippen molar-refractivity contribution in [2.45, 2.75) is 64.7 Å². The molecule has 0 aliphatic carbocycles. The van der Waals surface area contributed by atoms with Gasteiger partial charge in [-0.05, 0) is 25.7 Å². The van der Waals surface area contributed by atoms with Gasteiger partial charge in [0.05, 0.1) is 0 Å². The second kappa shape index (κ2) is 10.7. The van der Waals surface area contributed by atoms with E-state index in [2.05, 4.69) is 0 Å². The molecule has 1 fully saturated rings. The first-order valence-corrected chi connectivity index (χ1v) is 8.19. The Bertz CT molecular complexity index is 282. The molecule has 4 heteroatoms. The Balaban J connectivity index is 2.37. The fourth-order valence-corrected chi connectivity index (χ4v) is 2.76. The molecule has 1 rings (SSSR count). The zero-order valence-corrected chi connectivity index (χ0v) is 13.0. The van der Waals surface area contributed by atoms with Gasteiger partial charge in [0.1, 0.15) is 0 Å². The zero-order chi connectivity index (χ0) is 14.6. The summed E-state index contributed by atoms with van der Waals surface area (Å²) in [5.41, 5.74) is 0. The predicted octanol–water partition coefficient (Wildman–Crippen LogP) is 2.82. The normalized spacial score (nSPS) is 20.9. The van der Waals surface area contributed by atoms with Gasteiger partial charge in [0, 0.05) is 33.1 Å². The first-order chi connectivity index (χ1) is 9.74. The van der Waals surface area contributed by atoms with Crippen molar-refractivity contribution in [3.05, 3.63) is 0 Å². The Hall–Kier alpha value is -1.06. The van der Waals surface area contributed by atoms with Crippen LogP contribution in [-0.2, 0) is 9.59 Å². The molecular weight excluding hydrogens is 252 g/mol. The number of carbonyl (C=O) groups is 2. The maximum Gasteiger partial charge on any atom is 0.219 e. The van der Waals surface area contributed by atoms with Crippen molar-refractivity contribution < 1.29 is 9.59 Å². The summed E-state index contributed by atoms with van der Waals surface area (Å²) >= 11 is 0. The lowest BCUT2D eigenvalue weighted by atomic mass is 10.1. The Morgan fingerprint density at radius 2 is 1.15 bits per heavy atom. The van der Waals surface area contributed by atoms with Crippen molar-refractivity contribution in [2.75, 3.05) is 26.2 Å². The molecule has 0 atom stereocenters. The van der Waals surface area contributed by atoms with Crippen molar-refractivity contribution >= 4 is 12.3 Å². The molecule has 4 nitrogen and oxygen atoms in total. The van der Waals surface area contributed by atoms with Crippen molar-refractivity contribution in [1.29, 1.82) is 0 Å². The Morgan fingerprint density at radius 3 is 1.55 bits per heavy atom. The third-order valence-electron chi connectivity index (χ3n) is 4.09. The highest BCUT2D eigenvalue weighted by molar-refractivity contribution is 5.73. The summed E-state index contributed by atoms with van der Waals surface area (Å²) in [6, 6.07) is 0. The molecular formula is C16H30N2O2. The summed E-state index contributed by atoms with van der Waals surface area (Å²) in [4.78, 5) is 26.4. The van der Waals surface area contributed by atoms with E-state index in [0.717, 1.165) is 71.1 Å². The lowest BCUT2D eigenvalue weighted by Gasteiger charge is -2.21. The van der Waals surface area contributed by atoms with E-state index >= 15 is 0 Å². The number of hydrogen-bond donors (Lipinski definition) is 0. The largest absolute Gasteiger partial charge is 0.345 e. The third-order valence-corrected chi connectivity index (χ3v) is 4.09. The summed E-state index contributed by atoms with van der Waals surface area (Å²) in [6.45, 7) is 5.28. The van der Waals surface area contributed by atoms with E-state index in [9.17, 15) is 9.59 Å². The van der Waals surface area contributed by atoms with Crippen molar-refractivity contribution in [3.8, 4) is 0 Å². The van der Waals surface area contributed by atoms with Gasteiger partial charge < -0.3 is 9.80 Å². The van der Waals surface area contributed by atoms with Gasteiger partial charge in [-0.25, -0.2) is 0 Å². The standard InChI is InChI=1S/C16H30N2O2/c1-16(20)18-13-9-4-2-3-7-11-17(15-19)12-8-5-6-10-14-18/h15H,2-14H2,1H3. The summed E-state index contributed by atoms with van der Waals surface area (Å²) in [7, 11) is 0. The maximum atomic E-state index is 11.6. The molecule has 116 valence electrons. The number of hydrogen-bond acceptors (Lipinski definition) is 2. The van der Waals surface area contributed by atoms with Crippen LogP contribution in [0.3, 0.4) is 0 Å². The second-order valence-corrected chi connectivity index (χ2v) is 5.83. The van der Waals surface area contributed by atoms with Crippen molar-refractivity contribution in [1.82, 2.24) is 9.80 Å². The number of carbonyl (C=O) groups excluding carboxylic acids is 2. The van der Waals surface area contributed by atoms with Gasteiger partial charge in [0.15, 0.2) is 0 Å². The predicted molar refractivity (Wildman–Crippen MR) is 81.4 cm³/mol. The highest BCUT2D eigenvalue weighted by Crippen LogP contribution is 2.09. The van der Waals surface area contributed by atoms with Gasteiger partial charge in [-0.2, -0.15) is 0 Å². The summed E-state index contributed by atoms with van der Waals surface area (Å²) in [6.07, 6.45) is 11.3. The minimum absolute atomic E-state index is 0.210. The quantitative estimate of drug-likeness (QED) is 0.694. The molecule has 0 unspecified atom stereocenters. The maximum absolute atomic E-state index is 11.6. The average molecular weight is 282 g/mol. The van der Waals surface area contributed by atoms with Crippen LogP contribution in [0.4, 0.5) is 0 Å². The lowest BCUT2D eigenvalue weighted by molar-refractivity contribution is -0.129. The van der Waals surface area contributed by atoms with Crippen LogP contribution in [0, 0.1) is 0 Å². The summed E-state index contributed by atoms with van der Waals surface area (Å²) < 4.78 is 0. The van der Waals surface area contributed by atoms with Crippen LogP contribution in [0.2, 0.25) is 0 Å². The number of amides is 2. The fourth-order valence-electron chi connectivity index (χ4n) is 2.76. The van der Waals surface area contributed by atoms with Gasteiger partial charge in [0.2, 0.25) is 12.3 Å². The first-order valence-electron chi connectivity index (χ1n) is 8.19. The lowest BCUT2D eigenvalue weighted by Crippen LogP contribution is -2.30. The molecule has 0 aromatic carbocycles. The van der Waals surface area contributed by atoms with E-state index in [1.54, 1.807) is 6.92 Å². The van der Waals surface area contributed by atoms with Gasteiger partial charge in [-0.15, -0.1) is 0 Å². The Labute approximate surface area is 123 Å². The molecule has 20 heavy (non-hydrogen) atoms. The van der Waals surface area contributed by atoms with Crippen LogP contribution in [0.1, 0.15) is 64.7 Å². The molecule has 0 spiro atoms. The molecule has 0 radical (unpaired) electrons. The monoisotopic (exact) mass is 282 g/mol. The van der Waals surface area contributed by atoms with E-state index in [1.165, 1.54) is 19.3 Å². The van der Waals surface area contributed by atoms with Gasteiger partial charge in [-0.3, -0.25) is 9.59 Å². The fraction of sp³-hybridized carbons (Fsp3) is 0.875. The highest BCUT2D eigenvalue weighted by atomic mass is 16.2. The van der Waals surface area contributed by atoms with E-state index in [-0.39, 0.29) is 5.91 Å². The van der Waals surface area contributed by atoms with Crippen LogP contribution >= 0.6 is 0 Å². The van der Waals surface area contributed by atoms with Gasteiger partial charge in [-0.1, -0.05) is 32.1 Å². The van der Waals surface area contributed by atoms with Crippen LogP contribution in [-0.4, -0.2) is 48.3 Å². The topological polar surface area (TPSA) is 40.6 Å². The zero-order valence-electron chi connectivity index (χ0n) is 13.0. The van der Waals surface area contributed by atoms with Crippen LogP contribution < -0.4 is 0 Å². The van der Waals surface area contributed by atoms with E-state index in [1.807, 2.05) is 9.80 Å². The molecule has 0 aromatic rings. The molecule has 2 amide bonds. The van der Waals surface area contributed by atoms with Crippen molar-refractivity contribution in [2.24, 2.45) is 0 Å². The minimum atomic E-state index is 0.210. The van der Waals surface area contributed by atoms with Crippen LogP contribution in [0.25, 0.3) is 0 Å². The van der Waals surface area contributed by atoms with E-state index < -0.39 is 0 Å². The molecule has 0 bridgehead atoms. The summed E-state index contributed by atoms with van der Waals surface area (Å²) in [5, 5.41) is 0. The van der Waals surface area contributed by atoms with E-state index in [4.69, 9.17) is 0 Å². The molecule has 1 aliphatic rings. The Morgan fingerprint density at radius 1 is 0.750 bits per heavy atom. The minimum Gasteiger partial charge on any atom is -0.345 e. The smallest absolute Gasteiger partial charge is 0.219 e. The van der Waals surface area contributed by atoms with Gasteiger partial charge in [0.25, 0.3) is 0 Å². The molecule has 1 saturated heterocycles. The number of nitrogens with zero attached hydrogens (tertiary/aromatic N) is 2. The SMILES string of the molecule is CC(=O)N1CCCCCCCN(C=O)CCCCCC1. The summed E-state index contributed by atoms with van der Waals surface area (Å²) in [5.74, 6) is 0.210. The number of rotatable bonds is 1. The van der Waals surface area contributed by atoms with E-state index in [0.29, 0.717) is 0 Å². The molecule has 1 aliphatic heterocycles. The van der Waals surface area contributed by atoms with Gasteiger partial charge >= 0.3 is 0 Å². The van der Waals surface area contributed by atoms with Crippen LogP contribution in [0.15, 0.2) is 0 Å². The molecule has 0 aromatic heterocycles. The van der Waals surface area contributed by atoms with Crippen LogP contribution in [0.5, 0.6) is 0 Å². The molecule has 0 N–H and O–H groups in total. The Kier molecular flexibility index (Phi) is 9.09.